The number of carbonyl (C=O) groups is 9. The molecule has 23 nitrogen and oxygen atoms in total. The van der Waals surface area contributed by atoms with Crippen molar-refractivity contribution in [3.8, 4) is 5.75 Å². The number of nitrogens with one attached hydrogen (secondary N) is 9. The van der Waals surface area contributed by atoms with Gasteiger partial charge in [0.15, 0.2) is 0 Å². The number of phenols is 1. The summed E-state index contributed by atoms with van der Waals surface area (Å²) in [6.07, 6.45) is -1.51. The number of fused-ring (bicyclic) bond motifs is 1. The van der Waals surface area contributed by atoms with E-state index in [0.717, 1.165) is 5.52 Å². The van der Waals surface area contributed by atoms with Crippen LogP contribution in [0.15, 0.2) is 85.1 Å². The van der Waals surface area contributed by atoms with Gasteiger partial charge in [-0.05, 0) is 73.9 Å². The number of H-pyrrole nitrogens is 1. The summed E-state index contributed by atoms with van der Waals surface area (Å²) in [7, 11) is 0. The molecule has 4 rings (SSSR count). The topological polar surface area (TPSA) is 373 Å². The number of aromatic hydroxyl groups is 1. The van der Waals surface area contributed by atoms with Crippen LogP contribution in [0.2, 0.25) is 0 Å². The van der Waals surface area contributed by atoms with Crippen LogP contribution in [0, 0.1) is 11.8 Å². The zero-order chi connectivity index (χ0) is 56.4. The lowest BCUT2D eigenvalue weighted by molar-refractivity contribution is -0.141. The van der Waals surface area contributed by atoms with E-state index in [4.69, 9.17) is 5.73 Å². The van der Waals surface area contributed by atoms with Crippen LogP contribution in [0.5, 0.6) is 5.75 Å². The number of aliphatic hydroxyl groups excluding tert-OH is 2. The van der Waals surface area contributed by atoms with E-state index < -0.39 is 126 Å². The predicted molar refractivity (Wildman–Crippen MR) is 279 cm³/mol. The molecule has 76 heavy (non-hydrogen) atoms. The number of aliphatic carboxylic acids is 1. The van der Waals surface area contributed by atoms with E-state index in [-0.39, 0.29) is 37.4 Å². The first-order valence-electron chi connectivity index (χ1n) is 25.0. The van der Waals surface area contributed by atoms with Crippen LogP contribution >= 0.6 is 0 Å². The fourth-order valence-corrected chi connectivity index (χ4v) is 7.96. The summed E-state index contributed by atoms with van der Waals surface area (Å²) in [6, 6.07) is 10.3. The average molecular weight is 1060 g/mol. The van der Waals surface area contributed by atoms with Gasteiger partial charge in [0.2, 0.25) is 47.3 Å². The van der Waals surface area contributed by atoms with Crippen molar-refractivity contribution in [2.45, 2.75) is 135 Å². The van der Waals surface area contributed by atoms with Gasteiger partial charge in [0, 0.05) is 36.4 Å². The Labute approximate surface area is 440 Å². The number of benzene rings is 3. The first kappa shape index (κ1) is 60.7. The van der Waals surface area contributed by atoms with Gasteiger partial charge in [-0.1, -0.05) is 88.4 Å². The summed E-state index contributed by atoms with van der Waals surface area (Å²) in [4.78, 5) is 125. The summed E-state index contributed by atoms with van der Waals surface area (Å²) >= 11 is 0. The molecular weight excluding hydrogens is 985 g/mol. The third-order valence-electron chi connectivity index (χ3n) is 12.3. The molecule has 8 amide bonds. The molecule has 1 heterocycles. The normalized spacial score (nSPS) is 15.3. The molecular formula is C53H72N10O13. The quantitative estimate of drug-likeness (QED) is 0.0335. The third-order valence-corrected chi connectivity index (χ3v) is 12.3. The van der Waals surface area contributed by atoms with Gasteiger partial charge in [0.05, 0.1) is 18.8 Å². The molecule has 0 aliphatic heterocycles. The third kappa shape index (κ3) is 18.5. The zero-order valence-electron chi connectivity index (χ0n) is 43.6. The highest BCUT2D eigenvalue weighted by Gasteiger charge is 2.36. The molecule has 1 aromatic heterocycles. The standard InChI is InChI=1S/C53H72N10O13/c1-27(2)21-38(47(69)56-26-42(67)58-41(53(75)76)23-32-13-9-8-10-14-32)60-51(73)44(28(3)4)62-48(70)39(22-33-17-19-35(66)20-18-33)61-52(74)45(31(7)65)63-49(71)40(24-34-25-55-37-16-12-11-15-36(34)37)59-46(68)29(5)57-50(72)43(54)30(6)64/h8-20,25,27-31,38-41,43-45,55,64-66H,21-24,26,54H2,1-7H3,(H,56,69)(H,57,72)(H,58,67)(H,59,68)(H,60,73)(H,61,74)(H,62,70)(H,63,71)(H,75,76)/t29-,30+,31+,38-,39-,40-,41-,43-,44-,45-/m0/s1. The van der Waals surface area contributed by atoms with Gasteiger partial charge in [0.25, 0.3) is 0 Å². The Morgan fingerprint density at radius 3 is 1.67 bits per heavy atom. The van der Waals surface area contributed by atoms with E-state index in [1.807, 2.05) is 0 Å². The van der Waals surface area contributed by atoms with Crippen molar-refractivity contribution in [2.75, 3.05) is 6.54 Å². The molecule has 3 aromatic carbocycles. The molecule has 4 aromatic rings. The van der Waals surface area contributed by atoms with Crippen molar-refractivity contribution in [1.29, 1.82) is 0 Å². The van der Waals surface area contributed by atoms with E-state index in [0.29, 0.717) is 22.1 Å². The molecule has 0 saturated heterocycles. The number of aromatic amines is 1. The van der Waals surface area contributed by atoms with E-state index >= 15 is 0 Å². The van der Waals surface area contributed by atoms with E-state index in [1.54, 1.807) is 88.5 Å². The van der Waals surface area contributed by atoms with E-state index in [2.05, 4.69) is 47.5 Å². The van der Waals surface area contributed by atoms with Crippen LogP contribution in [0.25, 0.3) is 10.9 Å². The zero-order valence-corrected chi connectivity index (χ0v) is 43.6. The minimum absolute atomic E-state index is 0.0103. The van der Waals surface area contributed by atoms with Crippen molar-refractivity contribution in [3.05, 3.63) is 102 Å². The molecule has 0 fully saturated rings. The summed E-state index contributed by atoms with van der Waals surface area (Å²) in [5.41, 5.74) is 8.15. The number of aromatic nitrogens is 1. The number of nitrogens with two attached hydrogens (primary N) is 1. The Balaban J connectivity index is 1.54. The lowest BCUT2D eigenvalue weighted by Gasteiger charge is -2.29. The Bertz CT molecular complexity index is 2640. The van der Waals surface area contributed by atoms with E-state index in [9.17, 15) is 63.6 Å². The number of carboxylic acids is 1. The maximum absolute atomic E-state index is 14.4. The molecule has 0 aliphatic rings. The molecule has 0 unspecified atom stereocenters. The second kappa shape index (κ2) is 28.7. The van der Waals surface area contributed by atoms with Crippen LogP contribution in [0.3, 0.4) is 0 Å². The van der Waals surface area contributed by atoms with Gasteiger partial charge >= 0.3 is 5.97 Å². The number of para-hydroxylation sites is 1. The Kier molecular flexibility index (Phi) is 22.9. The fraction of sp³-hybridized carbons (Fsp3) is 0.453. The molecule has 10 atom stereocenters. The molecule has 0 bridgehead atoms. The molecule has 15 N–H and O–H groups in total. The lowest BCUT2D eigenvalue weighted by Crippen LogP contribution is -2.62. The Morgan fingerprint density at radius 1 is 0.539 bits per heavy atom. The van der Waals surface area contributed by atoms with Gasteiger partial charge in [0.1, 0.15) is 54.1 Å². The van der Waals surface area contributed by atoms with Crippen molar-refractivity contribution in [2.24, 2.45) is 17.6 Å². The van der Waals surface area contributed by atoms with Gasteiger partial charge < -0.3 is 73.7 Å². The van der Waals surface area contributed by atoms with Crippen molar-refractivity contribution in [1.82, 2.24) is 47.5 Å². The lowest BCUT2D eigenvalue weighted by atomic mass is 9.98. The number of amides is 8. The Morgan fingerprint density at radius 2 is 1.08 bits per heavy atom. The maximum Gasteiger partial charge on any atom is 0.326 e. The first-order valence-corrected chi connectivity index (χ1v) is 25.0. The SMILES string of the molecule is CC(C)C[C@H](NC(=O)[C@@H](NC(=O)[C@H](Cc1ccc(O)cc1)NC(=O)[C@@H](NC(=O)[C@H](Cc1c[nH]c2ccccc12)NC(=O)[C@H](C)NC(=O)[C@@H](N)[C@@H](C)O)[C@@H](C)O)C(C)C)C(=O)NCC(=O)N[C@@H](Cc1ccccc1)C(=O)O. The number of carboxylic acid groups (broad SMARTS) is 1. The predicted octanol–water partition coefficient (Wildman–Crippen LogP) is -0.693. The summed E-state index contributed by atoms with van der Waals surface area (Å²) in [5.74, 6) is -9.06. The molecule has 0 radical (unpaired) electrons. The van der Waals surface area contributed by atoms with Gasteiger partial charge in [-0.2, -0.15) is 0 Å². The molecule has 23 heteroatoms. The van der Waals surface area contributed by atoms with Crippen LogP contribution in [0.4, 0.5) is 0 Å². The monoisotopic (exact) mass is 1060 g/mol. The minimum atomic E-state index is -1.76. The largest absolute Gasteiger partial charge is 0.508 e. The number of hydrogen-bond acceptors (Lipinski definition) is 13. The first-order chi connectivity index (χ1) is 35.8. The molecule has 0 saturated carbocycles. The van der Waals surface area contributed by atoms with Crippen LogP contribution < -0.4 is 48.3 Å². The van der Waals surface area contributed by atoms with Crippen molar-refractivity contribution >= 4 is 64.1 Å². The summed E-state index contributed by atoms with van der Waals surface area (Å²) < 4.78 is 0. The number of carbonyl (C=O) groups excluding carboxylic acids is 8. The minimum Gasteiger partial charge on any atom is -0.508 e. The number of hydrogen-bond donors (Lipinski definition) is 14. The van der Waals surface area contributed by atoms with Crippen LogP contribution in [-0.4, -0.2) is 146 Å². The van der Waals surface area contributed by atoms with Crippen molar-refractivity contribution in [3.63, 3.8) is 0 Å². The van der Waals surface area contributed by atoms with E-state index in [1.165, 1.54) is 45.0 Å². The second-order valence-corrected chi connectivity index (χ2v) is 19.6. The number of aliphatic hydroxyl groups is 2. The molecule has 412 valence electrons. The average Bonchev–Trinajstić information content (AvgIpc) is 3.77. The smallest absolute Gasteiger partial charge is 0.326 e. The highest BCUT2D eigenvalue weighted by molar-refractivity contribution is 5.98. The molecule has 0 aliphatic carbocycles. The van der Waals surface area contributed by atoms with Gasteiger partial charge in [-0.15, -0.1) is 0 Å². The highest BCUT2D eigenvalue weighted by atomic mass is 16.4. The van der Waals surface area contributed by atoms with Crippen LogP contribution in [-0.2, 0) is 62.4 Å². The Hall–Kier alpha value is -7.89. The van der Waals surface area contributed by atoms with Gasteiger partial charge in [-0.25, -0.2) is 4.79 Å². The fourth-order valence-electron chi connectivity index (χ4n) is 7.96. The van der Waals surface area contributed by atoms with Crippen LogP contribution in [0.1, 0.15) is 71.6 Å². The van der Waals surface area contributed by atoms with Crippen molar-refractivity contribution < 1.29 is 63.6 Å². The number of rotatable bonds is 28. The highest BCUT2D eigenvalue weighted by Crippen LogP contribution is 2.20. The summed E-state index contributed by atoms with van der Waals surface area (Å²) in [5, 5.41) is 61.5. The maximum atomic E-state index is 14.4. The summed E-state index contributed by atoms with van der Waals surface area (Å²) in [6.45, 7) is 10.1. The molecule has 0 spiro atoms. The second-order valence-electron chi connectivity index (χ2n) is 19.6. The van der Waals surface area contributed by atoms with Gasteiger partial charge in [-0.3, -0.25) is 38.4 Å². The number of phenolic OH excluding ortho intramolecular Hbond substituents is 1.